The van der Waals surface area contributed by atoms with Gasteiger partial charge in [-0.15, -0.1) is 0 Å². The van der Waals surface area contributed by atoms with E-state index in [0.717, 1.165) is 45.4 Å². The molecular weight excluding hydrogens is 337 g/mol. The lowest BCUT2D eigenvalue weighted by Gasteiger charge is -2.42. The highest BCUT2D eigenvalue weighted by Crippen LogP contribution is 2.42. The molecule has 0 saturated carbocycles. The van der Waals surface area contributed by atoms with Crippen molar-refractivity contribution in [1.29, 1.82) is 0 Å². The van der Waals surface area contributed by atoms with Crippen LogP contribution in [-0.4, -0.2) is 73.2 Å². The molecule has 1 amide bonds. The summed E-state index contributed by atoms with van der Waals surface area (Å²) >= 11 is 0. The van der Waals surface area contributed by atoms with Crippen LogP contribution in [-0.2, 0) is 9.53 Å². The molecule has 1 aromatic rings. The maximum Gasteiger partial charge on any atom is 0.250 e. The number of nitrogens with zero attached hydrogens (tertiary/aromatic N) is 3. The number of likely N-dealkylation sites (N-methyl/N-ethyl adjacent to an activating group) is 1. The number of aromatic nitrogens is 1. The van der Waals surface area contributed by atoms with Gasteiger partial charge in [-0.25, -0.2) is 9.37 Å². The summed E-state index contributed by atoms with van der Waals surface area (Å²) in [6.45, 7) is 3.08. The summed E-state index contributed by atoms with van der Waals surface area (Å²) in [6, 6.07) is 2.90. The fraction of sp³-hybridized carbons (Fsp3) is 0.684. The topological polar surface area (TPSA) is 54.9 Å². The molecule has 6 nitrogen and oxygen atoms in total. The van der Waals surface area contributed by atoms with E-state index in [0.29, 0.717) is 19.1 Å². The molecule has 1 atom stereocenters. The number of piperidine rings is 1. The van der Waals surface area contributed by atoms with Crippen LogP contribution >= 0.6 is 0 Å². The smallest absolute Gasteiger partial charge is 0.250 e. The van der Waals surface area contributed by atoms with E-state index < -0.39 is 5.82 Å². The zero-order valence-corrected chi connectivity index (χ0v) is 15.6. The van der Waals surface area contributed by atoms with E-state index in [9.17, 15) is 9.18 Å². The summed E-state index contributed by atoms with van der Waals surface area (Å²) in [7, 11) is 3.81. The highest BCUT2D eigenvalue weighted by molar-refractivity contribution is 5.78. The Hall–Kier alpha value is -1.73. The normalized spacial score (nSPS) is 22.2. The van der Waals surface area contributed by atoms with Crippen molar-refractivity contribution in [3.8, 4) is 5.88 Å². The van der Waals surface area contributed by atoms with Crippen molar-refractivity contribution in [2.45, 2.75) is 31.3 Å². The van der Waals surface area contributed by atoms with Gasteiger partial charge in [0, 0.05) is 25.9 Å². The monoisotopic (exact) mass is 365 g/mol. The molecule has 2 aliphatic heterocycles. The van der Waals surface area contributed by atoms with Crippen LogP contribution < -0.4 is 4.74 Å². The van der Waals surface area contributed by atoms with Crippen LogP contribution in [0.15, 0.2) is 18.3 Å². The first-order chi connectivity index (χ1) is 12.5. The van der Waals surface area contributed by atoms with Crippen LogP contribution in [0.2, 0.25) is 0 Å². The van der Waals surface area contributed by atoms with Gasteiger partial charge in [0.15, 0.2) is 5.82 Å². The van der Waals surface area contributed by atoms with Crippen LogP contribution in [0.5, 0.6) is 5.88 Å². The van der Waals surface area contributed by atoms with E-state index in [4.69, 9.17) is 9.47 Å². The summed E-state index contributed by atoms with van der Waals surface area (Å²) in [6.07, 6.45) is 5.03. The number of hydrogen-bond acceptors (Lipinski definition) is 5. The van der Waals surface area contributed by atoms with Crippen LogP contribution in [0.3, 0.4) is 0 Å². The minimum absolute atomic E-state index is 0.0598. The summed E-state index contributed by atoms with van der Waals surface area (Å²) in [4.78, 5) is 20.0. The Balaban J connectivity index is 1.50. The van der Waals surface area contributed by atoms with Crippen molar-refractivity contribution in [2.24, 2.45) is 5.92 Å². The summed E-state index contributed by atoms with van der Waals surface area (Å²) in [5, 5.41) is 0. The molecule has 0 aromatic carbocycles. The van der Waals surface area contributed by atoms with Gasteiger partial charge in [0.1, 0.15) is 0 Å². The summed E-state index contributed by atoms with van der Waals surface area (Å²) in [5.74, 6) is 0.177. The van der Waals surface area contributed by atoms with E-state index in [-0.39, 0.29) is 17.4 Å². The zero-order valence-electron chi connectivity index (χ0n) is 15.6. The molecule has 7 heteroatoms. The molecule has 0 bridgehead atoms. The predicted molar refractivity (Wildman–Crippen MR) is 95.5 cm³/mol. The van der Waals surface area contributed by atoms with E-state index >= 15 is 0 Å². The van der Waals surface area contributed by atoms with Gasteiger partial charge in [0.05, 0.1) is 18.8 Å². The van der Waals surface area contributed by atoms with Gasteiger partial charge in [-0.2, -0.15) is 0 Å². The first-order valence-electron chi connectivity index (χ1n) is 9.30. The number of rotatable bonds is 6. The third-order valence-corrected chi connectivity index (χ3v) is 5.44. The van der Waals surface area contributed by atoms with Crippen molar-refractivity contribution in [1.82, 2.24) is 14.8 Å². The van der Waals surface area contributed by atoms with Crippen molar-refractivity contribution in [3.63, 3.8) is 0 Å². The Bertz CT molecular complexity index is 618. The van der Waals surface area contributed by atoms with Crippen LogP contribution in [0.1, 0.15) is 25.7 Å². The molecule has 144 valence electrons. The molecule has 2 saturated heterocycles. The maximum atomic E-state index is 13.6. The van der Waals surface area contributed by atoms with Crippen LogP contribution in [0.4, 0.5) is 4.39 Å². The molecule has 0 N–H and O–H groups in total. The molecule has 1 spiro atoms. The summed E-state index contributed by atoms with van der Waals surface area (Å²) < 4.78 is 25.3. The molecule has 0 aliphatic carbocycles. The first-order valence-corrected chi connectivity index (χ1v) is 9.30. The van der Waals surface area contributed by atoms with E-state index in [1.807, 2.05) is 23.9 Å². The van der Waals surface area contributed by atoms with Gasteiger partial charge < -0.3 is 19.3 Å². The van der Waals surface area contributed by atoms with Gasteiger partial charge in [-0.05, 0) is 57.8 Å². The number of amides is 1. The zero-order chi connectivity index (χ0) is 18.6. The number of halogens is 1. The number of hydrogen-bond donors (Lipinski definition) is 0. The number of likely N-dealkylation sites (tertiary alicyclic amines) is 1. The third-order valence-electron chi connectivity index (χ3n) is 5.44. The quantitative estimate of drug-likeness (QED) is 0.771. The lowest BCUT2D eigenvalue weighted by atomic mass is 9.78. The van der Waals surface area contributed by atoms with Gasteiger partial charge in [0.2, 0.25) is 11.8 Å². The Labute approximate surface area is 154 Å². The Morgan fingerprint density at radius 3 is 2.92 bits per heavy atom. The van der Waals surface area contributed by atoms with Crippen molar-refractivity contribution < 1.29 is 18.7 Å². The van der Waals surface area contributed by atoms with Gasteiger partial charge >= 0.3 is 0 Å². The molecule has 0 unspecified atom stereocenters. The van der Waals surface area contributed by atoms with Crippen molar-refractivity contribution in [3.05, 3.63) is 24.1 Å². The number of carbonyl (C=O) groups is 1. The molecular formula is C19H28FN3O3. The van der Waals surface area contributed by atoms with E-state index in [1.54, 1.807) is 6.07 Å². The number of pyridine rings is 1. The Morgan fingerprint density at radius 2 is 2.23 bits per heavy atom. The van der Waals surface area contributed by atoms with Gasteiger partial charge in [-0.3, -0.25) is 4.79 Å². The lowest BCUT2D eigenvalue weighted by Crippen LogP contribution is -2.51. The largest absolute Gasteiger partial charge is 0.476 e. The average molecular weight is 365 g/mol. The first kappa shape index (κ1) is 19.0. The molecule has 3 heterocycles. The SMILES string of the molecule is CN(C)CC(=O)N1CCC2(CC1)OCC[C@@H]2CCOc1ncccc1F. The van der Waals surface area contributed by atoms with E-state index in [2.05, 4.69) is 4.98 Å². The second-order valence-electron chi connectivity index (χ2n) is 7.44. The number of carbonyl (C=O) groups excluding carboxylic acids is 1. The molecule has 0 radical (unpaired) electrons. The molecule has 26 heavy (non-hydrogen) atoms. The lowest BCUT2D eigenvalue weighted by molar-refractivity contribution is -0.138. The molecule has 1 aromatic heterocycles. The van der Waals surface area contributed by atoms with Gasteiger partial charge in [0.25, 0.3) is 0 Å². The Morgan fingerprint density at radius 1 is 1.46 bits per heavy atom. The van der Waals surface area contributed by atoms with Crippen LogP contribution in [0.25, 0.3) is 0 Å². The van der Waals surface area contributed by atoms with Crippen molar-refractivity contribution in [2.75, 3.05) is 46.9 Å². The summed E-state index contributed by atoms with van der Waals surface area (Å²) in [5.41, 5.74) is -0.166. The molecule has 3 rings (SSSR count). The minimum atomic E-state index is -0.433. The minimum Gasteiger partial charge on any atom is -0.476 e. The average Bonchev–Trinajstić information content (AvgIpc) is 2.99. The van der Waals surface area contributed by atoms with Gasteiger partial charge in [-0.1, -0.05) is 0 Å². The standard InChI is InChI=1S/C19H28FN3O3/c1-22(2)14-17(24)23-10-7-19(8-11-23)15(6-13-26-19)5-12-25-18-16(20)4-3-9-21-18/h3-4,9,15H,5-8,10-14H2,1-2H3/t15-/m0/s1. The highest BCUT2D eigenvalue weighted by Gasteiger charge is 2.46. The maximum absolute atomic E-state index is 13.6. The molecule has 2 fully saturated rings. The fourth-order valence-electron chi connectivity index (χ4n) is 4.03. The highest BCUT2D eigenvalue weighted by atomic mass is 19.1. The third kappa shape index (κ3) is 4.32. The van der Waals surface area contributed by atoms with Crippen LogP contribution in [0, 0.1) is 11.7 Å². The number of ether oxygens (including phenoxy) is 2. The fourth-order valence-corrected chi connectivity index (χ4v) is 4.03. The second kappa shape index (κ2) is 8.31. The molecule has 2 aliphatic rings. The second-order valence-corrected chi connectivity index (χ2v) is 7.44. The Kier molecular flexibility index (Phi) is 6.09. The van der Waals surface area contributed by atoms with E-state index in [1.165, 1.54) is 12.3 Å². The predicted octanol–water partition coefficient (Wildman–Crippen LogP) is 1.95. The van der Waals surface area contributed by atoms with Crippen molar-refractivity contribution >= 4 is 5.91 Å².